The summed E-state index contributed by atoms with van der Waals surface area (Å²) >= 11 is 0. The molecule has 3 aliphatic heterocycles. The maximum absolute atomic E-state index is 12.9. The third-order valence-corrected chi connectivity index (χ3v) is 4.98. The Morgan fingerprint density at radius 2 is 2.45 bits per heavy atom. The van der Waals surface area contributed by atoms with E-state index in [0.29, 0.717) is 26.4 Å². The molecule has 6 heteroatoms. The van der Waals surface area contributed by atoms with Crippen molar-refractivity contribution < 1.29 is 14.4 Å². The number of carbonyl (C=O) groups is 1. The van der Waals surface area contributed by atoms with E-state index in [1.165, 1.54) is 5.56 Å². The molecule has 6 nitrogen and oxygen atoms in total. The number of amides is 1. The van der Waals surface area contributed by atoms with E-state index in [9.17, 15) is 4.79 Å². The molecule has 0 radical (unpaired) electrons. The minimum atomic E-state index is -0.424. The first-order valence-electron chi connectivity index (χ1n) is 7.92. The number of pyridine rings is 1. The van der Waals surface area contributed by atoms with Crippen molar-refractivity contribution >= 4 is 5.91 Å². The highest BCUT2D eigenvalue weighted by molar-refractivity contribution is 5.83. The first-order valence-corrected chi connectivity index (χ1v) is 7.92. The third-order valence-electron chi connectivity index (χ3n) is 4.98. The van der Waals surface area contributed by atoms with Crippen molar-refractivity contribution in [2.45, 2.75) is 13.0 Å². The van der Waals surface area contributed by atoms with Crippen LogP contribution in [0.1, 0.15) is 12.0 Å². The Morgan fingerprint density at radius 3 is 3.23 bits per heavy atom. The van der Waals surface area contributed by atoms with Gasteiger partial charge in [-0.05, 0) is 18.1 Å². The van der Waals surface area contributed by atoms with E-state index in [0.717, 1.165) is 26.1 Å². The van der Waals surface area contributed by atoms with E-state index in [4.69, 9.17) is 9.57 Å². The number of carbonyl (C=O) groups excluding carboxylic acids is 1. The Labute approximate surface area is 130 Å². The maximum Gasteiger partial charge on any atom is 0.256 e. The van der Waals surface area contributed by atoms with Gasteiger partial charge in [0, 0.05) is 37.9 Å². The second-order valence-electron chi connectivity index (χ2n) is 6.49. The SMILES string of the molecule is O=C(N1CCCO1)[C@]12COC[C@H]1CN(Cc1cccnc1)C2. The second-order valence-corrected chi connectivity index (χ2v) is 6.49. The normalized spacial score (nSPS) is 31.6. The van der Waals surface area contributed by atoms with E-state index in [2.05, 4.69) is 16.0 Å². The van der Waals surface area contributed by atoms with Crippen molar-refractivity contribution in [2.75, 3.05) is 39.5 Å². The van der Waals surface area contributed by atoms with Crippen molar-refractivity contribution in [3.8, 4) is 0 Å². The molecule has 2 atom stereocenters. The molecule has 3 saturated heterocycles. The highest BCUT2D eigenvalue weighted by atomic mass is 16.7. The quantitative estimate of drug-likeness (QED) is 0.822. The Bertz CT molecular complexity index is 547. The van der Waals surface area contributed by atoms with Crippen LogP contribution in [0.25, 0.3) is 0 Å². The van der Waals surface area contributed by atoms with Crippen LogP contribution in [0.5, 0.6) is 0 Å². The molecule has 0 bridgehead atoms. The zero-order valence-corrected chi connectivity index (χ0v) is 12.6. The molecular weight excluding hydrogens is 282 g/mol. The molecule has 1 aromatic heterocycles. The highest BCUT2D eigenvalue weighted by Crippen LogP contribution is 2.43. The average Bonchev–Trinajstić information content (AvgIpc) is 3.23. The molecule has 118 valence electrons. The van der Waals surface area contributed by atoms with Gasteiger partial charge in [0.15, 0.2) is 0 Å². The number of nitrogens with zero attached hydrogens (tertiary/aromatic N) is 3. The molecule has 0 unspecified atom stereocenters. The van der Waals surface area contributed by atoms with Crippen LogP contribution in [-0.4, -0.2) is 60.3 Å². The van der Waals surface area contributed by atoms with Gasteiger partial charge in [-0.3, -0.25) is 19.5 Å². The number of fused-ring (bicyclic) bond motifs is 1. The average molecular weight is 303 g/mol. The van der Waals surface area contributed by atoms with Gasteiger partial charge in [0.1, 0.15) is 0 Å². The van der Waals surface area contributed by atoms with E-state index in [-0.39, 0.29) is 11.8 Å². The lowest BCUT2D eigenvalue weighted by Gasteiger charge is -2.29. The van der Waals surface area contributed by atoms with Crippen molar-refractivity contribution in [1.82, 2.24) is 14.9 Å². The zero-order valence-electron chi connectivity index (χ0n) is 12.6. The molecule has 0 saturated carbocycles. The van der Waals surface area contributed by atoms with Gasteiger partial charge in [-0.15, -0.1) is 0 Å². The predicted molar refractivity (Wildman–Crippen MR) is 78.5 cm³/mol. The van der Waals surface area contributed by atoms with Gasteiger partial charge in [-0.1, -0.05) is 6.07 Å². The van der Waals surface area contributed by atoms with Gasteiger partial charge in [0.05, 0.1) is 31.8 Å². The first-order chi connectivity index (χ1) is 10.8. The van der Waals surface area contributed by atoms with Crippen LogP contribution in [0.4, 0.5) is 0 Å². The summed E-state index contributed by atoms with van der Waals surface area (Å²) in [5.74, 6) is 0.377. The van der Waals surface area contributed by atoms with E-state index < -0.39 is 5.41 Å². The number of rotatable bonds is 3. The summed E-state index contributed by atoms with van der Waals surface area (Å²) in [6.45, 7) is 5.01. The number of hydrogen-bond acceptors (Lipinski definition) is 5. The van der Waals surface area contributed by atoms with Gasteiger partial charge < -0.3 is 4.74 Å². The predicted octanol–water partition coefficient (Wildman–Crippen LogP) is 0.694. The second kappa shape index (κ2) is 5.61. The van der Waals surface area contributed by atoms with Crippen LogP contribution >= 0.6 is 0 Å². The summed E-state index contributed by atoms with van der Waals surface area (Å²) in [6, 6.07) is 4.03. The van der Waals surface area contributed by atoms with Crippen LogP contribution in [0.15, 0.2) is 24.5 Å². The van der Waals surface area contributed by atoms with Gasteiger partial charge in [-0.25, -0.2) is 5.06 Å². The summed E-state index contributed by atoms with van der Waals surface area (Å²) < 4.78 is 5.65. The molecule has 0 aliphatic carbocycles. The lowest BCUT2D eigenvalue weighted by Crippen LogP contribution is -2.47. The fourth-order valence-corrected chi connectivity index (χ4v) is 3.87. The van der Waals surface area contributed by atoms with Crippen molar-refractivity contribution in [3.05, 3.63) is 30.1 Å². The highest BCUT2D eigenvalue weighted by Gasteiger charge is 2.57. The van der Waals surface area contributed by atoms with Crippen LogP contribution in [-0.2, 0) is 20.9 Å². The molecule has 0 aromatic carbocycles. The van der Waals surface area contributed by atoms with Crippen molar-refractivity contribution in [3.63, 3.8) is 0 Å². The number of likely N-dealkylation sites (tertiary alicyclic amines) is 1. The number of hydrogen-bond donors (Lipinski definition) is 0. The summed E-state index contributed by atoms with van der Waals surface area (Å²) in [6.07, 6.45) is 4.60. The largest absolute Gasteiger partial charge is 0.380 e. The Morgan fingerprint density at radius 1 is 1.50 bits per heavy atom. The van der Waals surface area contributed by atoms with Gasteiger partial charge in [0.25, 0.3) is 5.91 Å². The van der Waals surface area contributed by atoms with E-state index >= 15 is 0 Å². The van der Waals surface area contributed by atoms with Crippen LogP contribution in [0, 0.1) is 11.3 Å². The lowest BCUT2D eigenvalue weighted by molar-refractivity contribution is -0.181. The standard InChI is InChI=1S/C16H21N3O3/c20-15(19-5-2-6-22-19)16-11-18(9-14(16)10-21-12-16)8-13-3-1-4-17-7-13/h1,3-4,7,14H,2,5-6,8-12H2/t14-,16-/m1/s1. The fraction of sp³-hybridized carbons (Fsp3) is 0.625. The minimum absolute atomic E-state index is 0.112. The third kappa shape index (κ3) is 2.31. The molecule has 3 fully saturated rings. The molecule has 3 aliphatic rings. The number of aromatic nitrogens is 1. The first kappa shape index (κ1) is 14.1. The Balaban J connectivity index is 1.50. The van der Waals surface area contributed by atoms with Gasteiger partial charge in [0.2, 0.25) is 0 Å². The summed E-state index contributed by atoms with van der Waals surface area (Å²) in [5.41, 5.74) is 0.760. The molecular formula is C16H21N3O3. The molecule has 0 spiro atoms. The van der Waals surface area contributed by atoms with Crippen molar-refractivity contribution in [1.29, 1.82) is 0 Å². The molecule has 1 aromatic rings. The Hall–Kier alpha value is -1.50. The maximum atomic E-state index is 12.9. The van der Waals surface area contributed by atoms with Crippen LogP contribution < -0.4 is 0 Å². The molecule has 4 rings (SSSR count). The zero-order chi connectivity index (χ0) is 15.0. The van der Waals surface area contributed by atoms with E-state index in [1.54, 1.807) is 11.3 Å². The monoisotopic (exact) mass is 303 g/mol. The molecule has 0 N–H and O–H groups in total. The van der Waals surface area contributed by atoms with Gasteiger partial charge >= 0.3 is 0 Å². The summed E-state index contributed by atoms with van der Waals surface area (Å²) in [5, 5.41) is 1.56. The molecule has 1 amide bonds. The summed E-state index contributed by atoms with van der Waals surface area (Å²) in [4.78, 5) is 24.9. The molecule has 22 heavy (non-hydrogen) atoms. The summed E-state index contributed by atoms with van der Waals surface area (Å²) in [7, 11) is 0. The lowest BCUT2D eigenvalue weighted by atomic mass is 9.80. The minimum Gasteiger partial charge on any atom is -0.380 e. The topological polar surface area (TPSA) is 54.9 Å². The van der Waals surface area contributed by atoms with Crippen LogP contribution in [0.2, 0.25) is 0 Å². The number of ether oxygens (including phenoxy) is 1. The van der Waals surface area contributed by atoms with Crippen LogP contribution in [0.3, 0.4) is 0 Å². The fourth-order valence-electron chi connectivity index (χ4n) is 3.87. The van der Waals surface area contributed by atoms with E-state index in [1.807, 2.05) is 12.3 Å². The smallest absolute Gasteiger partial charge is 0.256 e. The van der Waals surface area contributed by atoms with Crippen molar-refractivity contribution in [2.24, 2.45) is 11.3 Å². The van der Waals surface area contributed by atoms with Gasteiger partial charge in [-0.2, -0.15) is 0 Å². The molecule has 4 heterocycles. The Kier molecular flexibility index (Phi) is 3.60. The number of hydroxylamine groups is 2.